The van der Waals surface area contributed by atoms with Crippen LogP contribution in [-0.2, 0) is 11.3 Å². The Morgan fingerprint density at radius 1 is 1.31 bits per heavy atom. The summed E-state index contributed by atoms with van der Waals surface area (Å²) in [6.07, 6.45) is 1.78. The molecule has 0 radical (unpaired) electrons. The molecule has 0 unspecified atom stereocenters. The number of hydrogen-bond acceptors (Lipinski definition) is 5. The Balaban J connectivity index is 1.71. The van der Waals surface area contributed by atoms with Crippen LogP contribution in [-0.4, -0.2) is 33.5 Å². The van der Waals surface area contributed by atoms with Crippen molar-refractivity contribution in [1.82, 2.24) is 14.8 Å². The predicted octanol–water partition coefficient (Wildman–Crippen LogP) is 4.83. The molecule has 3 rings (SSSR count). The highest BCUT2D eigenvalue weighted by Gasteiger charge is 2.15. The van der Waals surface area contributed by atoms with Crippen LogP contribution >= 0.6 is 23.4 Å². The van der Waals surface area contributed by atoms with Crippen LogP contribution in [0.5, 0.6) is 5.75 Å². The van der Waals surface area contributed by atoms with Crippen molar-refractivity contribution in [2.24, 2.45) is 0 Å². The first-order valence-electron chi connectivity index (χ1n) is 8.89. The second kappa shape index (κ2) is 9.62. The number of aromatic nitrogens is 3. The molecule has 0 saturated heterocycles. The molecule has 1 amide bonds. The minimum Gasteiger partial charge on any atom is -0.495 e. The Kier molecular flexibility index (Phi) is 6.95. The lowest BCUT2D eigenvalue weighted by Crippen LogP contribution is -2.14. The van der Waals surface area contributed by atoms with E-state index in [-0.39, 0.29) is 11.7 Å². The smallest absolute Gasteiger partial charge is 0.234 e. The fourth-order valence-corrected chi connectivity index (χ4v) is 3.76. The molecule has 0 bridgehead atoms. The van der Waals surface area contributed by atoms with E-state index < -0.39 is 0 Å². The Labute approximate surface area is 178 Å². The summed E-state index contributed by atoms with van der Waals surface area (Å²) in [5.74, 6) is 1.33. The van der Waals surface area contributed by atoms with Gasteiger partial charge in [0.1, 0.15) is 5.75 Å². The molecule has 0 spiro atoms. The highest BCUT2D eigenvalue weighted by atomic mass is 35.5. The van der Waals surface area contributed by atoms with Gasteiger partial charge in [-0.2, -0.15) is 0 Å². The van der Waals surface area contributed by atoms with E-state index in [0.717, 1.165) is 17.0 Å². The van der Waals surface area contributed by atoms with Gasteiger partial charge in [-0.15, -0.1) is 16.8 Å². The van der Waals surface area contributed by atoms with Gasteiger partial charge in [0.25, 0.3) is 0 Å². The summed E-state index contributed by atoms with van der Waals surface area (Å²) < 4.78 is 7.07. The maximum absolute atomic E-state index is 12.4. The third kappa shape index (κ3) is 5.19. The van der Waals surface area contributed by atoms with Crippen LogP contribution < -0.4 is 10.1 Å². The first kappa shape index (κ1) is 21.0. The molecule has 29 heavy (non-hydrogen) atoms. The van der Waals surface area contributed by atoms with Crippen LogP contribution in [0, 0.1) is 6.92 Å². The summed E-state index contributed by atoms with van der Waals surface area (Å²) in [6.45, 7) is 6.40. The zero-order chi connectivity index (χ0) is 20.8. The normalized spacial score (nSPS) is 10.6. The lowest BCUT2D eigenvalue weighted by atomic mass is 10.1. The Bertz CT molecular complexity index is 1040. The van der Waals surface area contributed by atoms with Gasteiger partial charge in [-0.1, -0.05) is 53.2 Å². The molecule has 0 fully saturated rings. The molecule has 0 aliphatic heterocycles. The van der Waals surface area contributed by atoms with Crippen LogP contribution in [0.2, 0.25) is 5.02 Å². The van der Waals surface area contributed by atoms with Crippen molar-refractivity contribution in [2.45, 2.75) is 18.6 Å². The SMILES string of the molecule is C=CCn1c(SCC(=O)Nc2ccc(OC)c(Cl)c2)nnc1-c1cccc(C)c1. The van der Waals surface area contributed by atoms with Gasteiger partial charge in [-0.3, -0.25) is 9.36 Å². The van der Waals surface area contributed by atoms with Gasteiger partial charge in [0.2, 0.25) is 5.91 Å². The molecule has 0 aliphatic rings. The summed E-state index contributed by atoms with van der Waals surface area (Å²) in [6, 6.07) is 13.2. The van der Waals surface area contributed by atoms with Crippen molar-refractivity contribution < 1.29 is 9.53 Å². The van der Waals surface area contributed by atoms with Crippen LogP contribution in [0.4, 0.5) is 5.69 Å². The van der Waals surface area contributed by atoms with Gasteiger partial charge in [0, 0.05) is 17.8 Å². The maximum Gasteiger partial charge on any atom is 0.234 e. The third-order valence-corrected chi connectivity index (χ3v) is 5.33. The summed E-state index contributed by atoms with van der Waals surface area (Å²) >= 11 is 7.42. The number of carbonyl (C=O) groups excluding carboxylic acids is 1. The van der Waals surface area contributed by atoms with Crippen molar-refractivity contribution >= 4 is 35.0 Å². The van der Waals surface area contributed by atoms with E-state index in [2.05, 4.69) is 28.2 Å². The number of nitrogens with zero attached hydrogens (tertiary/aromatic N) is 3. The van der Waals surface area contributed by atoms with Crippen molar-refractivity contribution in [1.29, 1.82) is 0 Å². The summed E-state index contributed by atoms with van der Waals surface area (Å²) in [7, 11) is 1.54. The summed E-state index contributed by atoms with van der Waals surface area (Å²) in [4.78, 5) is 12.4. The van der Waals surface area contributed by atoms with Gasteiger partial charge in [0.15, 0.2) is 11.0 Å². The van der Waals surface area contributed by atoms with Crippen molar-refractivity contribution in [3.05, 3.63) is 65.7 Å². The van der Waals surface area contributed by atoms with E-state index in [9.17, 15) is 4.79 Å². The largest absolute Gasteiger partial charge is 0.495 e. The standard InChI is InChI=1S/C21H21ClN4O2S/c1-4-10-26-20(15-7-5-6-14(2)11-15)24-25-21(26)29-13-19(27)23-16-8-9-18(28-3)17(22)12-16/h4-9,11-12H,1,10,13H2,2-3H3,(H,23,27). The number of anilines is 1. The number of nitrogens with one attached hydrogen (secondary N) is 1. The zero-order valence-corrected chi connectivity index (χ0v) is 17.8. The summed E-state index contributed by atoms with van der Waals surface area (Å²) in [5.41, 5.74) is 2.72. The lowest BCUT2D eigenvalue weighted by Gasteiger charge is -2.09. The van der Waals surface area contributed by atoms with E-state index in [1.165, 1.54) is 11.8 Å². The zero-order valence-electron chi connectivity index (χ0n) is 16.2. The number of hydrogen-bond donors (Lipinski definition) is 1. The Morgan fingerprint density at radius 2 is 2.14 bits per heavy atom. The van der Waals surface area contributed by atoms with Gasteiger partial charge < -0.3 is 10.1 Å². The molecule has 2 aromatic carbocycles. The highest BCUT2D eigenvalue weighted by molar-refractivity contribution is 7.99. The van der Waals surface area contributed by atoms with E-state index in [0.29, 0.717) is 28.2 Å². The van der Waals surface area contributed by atoms with Gasteiger partial charge >= 0.3 is 0 Å². The fraction of sp³-hybridized carbons (Fsp3) is 0.190. The minimum absolute atomic E-state index is 0.165. The number of thioether (sulfide) groups is 1. The molecule has 8 heteroatoms. The van der Waals surface area contributed by atoms with Crippen LogP contribution in [0.3, 0.4) is 0 Å². The van der Waals surface area contributed by atoms with E-state index in [1.54, 1.807) is 31.4 Å². The molecule has 3 aromatic rings. The molecule has 1 N–H and O–H groups in total. The van der Waals surface area contributed by atoms with Crippen molar-refractivity contribution in [2.75, 3.05) is 18.2 Å². The molecule has 0 saturated carbocycles. The Hall–Kier alpha value is -2.77. The van der Waals surface area contributed by atoms with Crippen LogP contribution in [0.15, 0.2) is 60.3 Å². The number of methoxy groups -OCH3 is 1. The number of amides is 1. The average molecular weight is 429 g/mol. The molecule has 1 heterocycles. The number of aryl methyl sites for hydroxylation is 1. The average Bonchev–Trinajstić information content (AvgIpc) is 3.09. The number of benzene rings is 2. The van der Waals surface area contributed by atoms with Crippen LogP contribution in [0.25, 0.3) is 11.4 Å². The number of halogens is 1. The summed E-state index contributed by atoms with van der Waals surface area (Å²) in [5, 5.41) is 12.5. The topological polar surface area (TPSA) is 69.0 Å². The molecule has 0 atom stereocenters. The van der Waals surface area contributed by atoms with Crippen LogP contribution in [0.1, 0.15) is 5.56 Å². The second-order valence-corrected chi connectivity index (χ2v) is 7.61. The third-order valence-electron chi connectivity index (χ3n) is 4.07. The van der Waals surface area contributed by atoms with Gasteiger partial charge in [-0.05, 0) is 31.2 Å². The molecule has 1 aromatic heterocycles. The fourth-order valence-electron chi connectivity index (χ4n) is 2.76. The quantitative estimate of drug-likeness (QED) is 0.411. The molecule has 0 aliphatic carbocycles. The monoisotopic (exact) mass is 428 g/mol. The molecule has 6 nitrogen and oxygen atoms in total. The second-order valence-electron chi connectivity index (χ2n) is 6.26. The van der Waals surface area contributed by atoms with Crippen molar-refractivity contribution in [3.8, 4) is 17.1 Å². The lowest BCUT2D eigenvalue weighted by molar-refractivity contribution is -0.113. The molecule has 150 valence electrons. The first-order valence-corrected chi connectivity index (χ1v) is 10.3. The number of allylic oxidation sites excluding steroid dienone is 1. The van der Waals surface area contributed by atoms with Gasteiger partial charge in [-0.25, -0.2) is 0 Å². The first-order chi connectivity index (χ1) is 14.0. The minimum atomic E-state index is -0.165. The van der Waals surface area contributed by atoms with E-state index >= 15 is 0 Å². The Morgan fingerprint density at radius 3 is 2.83 bits per heavy atom. The molecular weight excluding hydrogens is 408 g/mol. The number of carbonyl (C=O) groups is 1. The predicted molar refractivity (Wildman–Crippen MR) is 118 cm³/mol. The van der Waals surface area contributed by atoms with Gasteiger partial charge in [0.05, 0.1) is 17.9 Å². The van der Waals surface area contributed by atoms with Crippen molar-refractivity contribution in [3.63, 3.8) is 0 Å². The van der Waals surface area contributed by atoms with E-state index in [4.69, 9.17) is 16.3 Å². The van der Waals surface area contributed by atoms with E-state index in [1.807, 2.05) is 29.7 Å². The maximum atomic E-state index is 12.4. The number of rotatable bonds is 8. The molecular formula is C21H21ClN4O2S. The number of ether oxygens (including phenoxy) is 1. The highest BCUT2D eigenvalue weighted by Crippen LogP contribution is 2.28.